The lowest BCUT2D eigenvalue weighted by Crippen LogP contribution is -2.45. The Labute approximate surface area is 150 Å². The first-order valence-electron chi connectivity index (χ1n) is 8.63. The van der Waals surface area contributed by atoms with Crippen LogP contribution >= 0.6 is 0 Å². The maximum absolute atomic E-state index is 12.8. The Hall–Kier alpha value is -2.18. The van der Waals surface area contributed by atoms with Gasteiger partial charge in [0.05, 0.1) is 5.56 Å². The molecule has 0 aromatic heterocycles. The average molecular weight is 369 g/mol. The van der Waals surface area contributed by atoms with Crippen LogP contribution in [0.5, 0.6) is 0 Å². The molecule has 142 valence electrons. The standard InChI is InChI=1S/C19H22F3NO3/c1-12(2)9-16(24)18(26)23-8-4-6-14(11-23)17(25)13-5-3-7-15(10-13)19(20,21)22/h3,5,7,10,12,14H,4,6,8-9,11H2,1-2H3/t14-/m1/s1. The van der Waals surface area contributed by atoms with Crippen LogP contribution in [0.3, 0.4) is 0 Å². The molecule has 1 fully saturated rings. The maximum atomic E-state index is 12.8. The van der Waals surface area contributed by atoms with E-state index in [2.05, 4.69) is 0 Å². The number of ketones is 2. The largest absolute Gasteiger partial charge is 0.416 e. The number of alkyl halides is 3. The van der Waals surface area contributed by atoms with E-state index in [1.807, 2.05) is 13.8 Å². The average Bonchev–Trinajstić information content (AvgIpc) is 2.59. The summed E-state index contributed by atoms with van der Waals surface area (Å²) in [6, 6.07) is 4.31. The number of nitrogens with zero attached hydrogens (tertiary/aromatic N) is 1. The zero-order valence-corrected chi connectivity index (χ0v) is 14.8. The molecule has 1 aliphatic heterocycles. The van der Waals surface area contributed by atoms with Gasteiger partial charge < -0.3 is 4.90 Å². The van der Waals surface area contributed by atoms with Crippen LogP contribution in [-0.2, 0) is 15.8 Å². The van der Waals surface area contributed by atoms with E-state index in [4.69, 9.17) is 0 Å². The van der Waals surface area contributed by atoms with Crippen molar-refractivity contribution in [2.75, 3.05) is 13.1 Å². The molecule has 2 rings (SSSR count). The van der Waals surface area contributed by atoms with Gasteiger partial charge in [0.1, 0.15) is 0 Å². The van der Waals surface area contributed by atoms with Crippen LogP contribution in [0, 0.1) is 11.8 Å². The Morgan fingerprint density at radius 3 is 2.54 bits per heavy atom. The van der Waals surface area contributed by atoms with E-state index < -0.39 is 35.1 Å². The van der Waals surface area contributed by atoms with Gasteiger partial charge >= 0.3 is 6.18 Å². The van der Waals surface area contributed by atoms with Crippen LogP contribution in [0.4, 0.5) is 13.2 Å². The van der Waals surface area contributed by atoms with Gasteiger partial charge in [0.25, 0.3) is 5.91 Å². The normalized spacial score (nSPS) is 18.1. The van der Waals surface area contributed by atoms with Gasteiger partial charge in [0.15, 0.2) is 5.78 Å². The molecule has 4 nitrogen and oxygen atoms in total. The molecule has 26 heavy (non-hydrogen) atoms. The summed E-state index contributed by atoms with van der Waals surface area (Å²) in [4.78, 5) is 38.1. The Morgan fingerprint density at radius 2 is 1.92 bits per heavy atom. The number of hydrogen-bond donors (Lipinski definition) is 0. The third kappa shape index (κ3) is 4.93. The lowest BCUT2D eigenvalue weighted by Gasteiger charge is -2.31. The Morgan fingerprint density at radius 1 is 1.23 bits per heavy atom. The second-order valence-electron chi connectivity index (χ2n) is 7.05. The zero-order chi connectivity index (χ0) is 19.5. The second-order valence-corrected chi connectivity index (χ2v) is 7.05. The number of hydrogen-bond acceptors (Lipinski definition) is 3. The number of benzene rings is 1. The number of carbonyl (C=O) groups is 3. The number of likely N-dealkylation sites (tertiary alicyclic amines) is 1. The predicted octanol–water partition coefficient (Wildman–Crippen LogP) is 3.74. The van der Waals surface area contributed by atoms with Crippen molar-refractivity contribution in [2.24, 2.45) is 11.8 Å². The van der Waals surface area contributed by atoms with Crippen molar-refractivity contribution < 1.29 is 27.6 Å². The summed E-state index contributed by atoms with van der Waals surface area (Å²) < 4.78 is 38.5. The SMILES string of the molecule is CC(C)CC(=O)C(=O)N1CCC[C@@H](C(=O)c2cccc(C(F)(F)F)c2)C1. The Bertz CT molecular complexity index is 698. The topological polar surface area (TPSA) is 54.5 Å². The van der Waals surface area contributed by atoms with E-state index in [1.165, 1.54) is 17.0 Å². The van der Waals surface area contributed by atoms with Crippen molar-refractivity contribution in [3.8, 4) is 0 Å². The smallest absolute Gasteiger partial charge is 0.335 e. The summed E-state index contributed by atoms with van der Waals surface area (Å²) in [7, 11) is 0. The fraction of sp³-hybridized carbons (Fsp3) is 0.526. The summed E-state index contributed by atoms with van der Waals surface area (Å²) in [5.41, 5.74) is -0.896. The van der Waals surface area contributed by atoms with E-state index in [9.17, 15) is 27.6 Å². The van der Waals surface area contributed by atoms with Crippen molar-refractivity contribution >= 4 is 17.5 Å². The summed E-state index contributed by atoms with van der Waals surface area (Å²) in [6.45, 7) is 4.12. The van der Waals surface area contributed by atoms with Gasteiger partial charge in [-0.15, -0.1) is 0 Å². The molecule has 1 aliphatic rings. The van der Waals surface area contributed by atoms with Gasteiger partial charge in [-0.3, -0.25) is 14.4 Å². The fourth-order valence-electron chi connectivity index (χ4n) is 3.09. The Kier molecular flexibility index (Phi) is 6.21. The molecule has 1 atom stereocenters. The van der Waals surface area contributed by atoms with E-state index >= 15 is 0 Å². The van der Waals surface area contributed by atoms with E-state index in [0.717, 1.165) is 12.1 Å². The van der Waals surface area contributed by atoms with Crippen LogP contribution in [0.2, 0.25) is 0 Å². The first-order chi connectivity index (χ1) is 12.1. The Balaban J connectivity index is 2.11. The maximum Gasteiger partial charge on any atom is 0.416 e. The van der Waals surface area contributed by atoms with Crippen LogP contribution in [0.25, 0.3) is 0 Å². The summed E-state index contributed by atoms with van der Waals surface area (Å²) in [5, 5.41) is 0. The van der Waals surface area contributed by atoms with Gasteiger partial charge in [-0.2, -0.15) is 13.2 Å². The van der Waals surface area contributed by atoms with Crippen LogP contribution in [-0.4, -0.2) is 35.5 Å². The first kappa shape index (κ1) is 20.1. The van der Waals surface area contributed by atoms with Gasteiger partial charge in [0.2, 0.25) is 5.78 Å². The molecule has 1 aromatic rings. The minimum atomic E-state index is -4.52. The highest BCUT2D eigenvalue weighted by Gasteiger charge is 2.34. The monoisotopic (exact) mass is 369 g/mol. The highest BCUT2D eigenvalue weighted by atomic mass is 19.4. The van der Waals surface area contributed by atoms with Gasteiger partial charge in [-0.1, -0.05) is 26.0 Å². The van der Waals surface area contributed by atoms with E-state index in [-0.39, 0.29) is 24.4 Å². The van der Waals surface area contributed by atoms with E-state index in [1.54, 1.807) is 0 Å². The number of amides is 1. The van der Waals surface area contributed by atoms with Gasteiger partial charge in [0, 0.05) is 31.0 Å². The molecule has 0 saturated carbocycles. The lowest BCUT2D eigenvalue weighted by atomic mass is 9.89. The molecular weight excluding hydrogens is 347 g/mol. The van der Waals surface area contributed by atoms with Crippen molar-refractivity contribution in [1.29, 1.82) is 0 Å². The molecule has 7 heteroatoms. The lowest BCUT2D eigenvalue weighted by molar-refractivity contribution is -0.146. The molecule has 0 N–H and O–H groups in total. The highest BCUT2D eigenvalue weighted by Crippen LogP contribution is 2.30. The molecule has 0 unspecified atom stereocenters. The number of piperidine rings is 1. The molecular formula is C19H22F3NO3. The molecule has 0 aliphatic carbocycles. The first-order valence-corrected chi connectivity index (χ1v) is 8.63. The number of carbonyl (C=O) groups excluding carboxylic acids is 3. The molecule has 0 radical (unpaired) electrons. The third-order valence-electron chi connectivity index (χ3n) is 4.39. The molecule has 1 saturated heterocycles. The van der Waals surface area contributed by atoms with Crippen molar-refractivity contribution in [3.05, 3.63) is 35.4 Å². The minimum absolute atomic E-state index is 0.0207. The van der Waals surface area contributed by atoms with Crippen molar-refractivity contribution in [1.82, 2.24) is 4.90 Å². The fourth-order valence-corrected chi connectivity index (χ4v) is 3.09. The summed E-state index contributed by atoms with van der Waals surface area (Å²) >= 11 is 0. The number of rotatable bonds is 5. The van der Waals surface area contributed by atoms with Gasteiger partial charge in [-0.05, 0) is 30.9 Å². The molecule has 1 heterocycles. The molecule has 0 spiro atoms. The van der Waals surface area contributed by atoms with Gasteiger partial charge in [-0.25, -0.2) is 0 Å². The summed E-state index contributed by atoms with van der Waals surface area (Å²) in [5.74, 6) is -2.07. The van der Waals surface area contributed by atoms with Crippen molar-refractivity contribution in [3.63, 3.8) is 0 Å². The molecule has 0 bridgehead atoms. The van der Waals surface area contributed by atoms with Crippen LogP contribution in [0.1, 0.15) is 49.0 Å². The minimum Gasteiger partial charge on any atom is -0.335 e. The zero-order valence-electron chi connectivity index (χ0n) is 14.8. The molecule has 1 amide bonds. The highest BCUT2D eigenvalue weighted by molar-refractivity contribution is 6.36. The second kappa shape index (κ2) is 8.01. The predicted molar refractivity (Wildman–Crippen MR) is 89.5 cm³/mol. The van der Waals surface area contributed by atoms with Crippen molar-refractivity contribution in [2.45, 2.75) is 39.3 Å². The summed E-state index contributed by atoms with van der Waals surface area (Å²) in [6.07, 6.45) is -3.36. The number of halogens is 3. The van der Waals surface area contributed by atoms with E-state index in [0.29, 0.717) is 19.4 Å². The van der Waals surface area contributed by atoms with Crippen LogP contribution in [0.15, 0.2) is 24.3 Å². The third-order valence-corrected chi connectivity index (χ3v) is 4.39. The van der Waals surface area contributed by atoms with Crippen LogP contribution < -0.4 is 0 Å². The number of Topliss-reactive ketones (excluding diaryl/α,β-unsaturated/α-hetero) is 2. The quantitative estimate of drug-likeness (QED) is 0.587. The molecule has 1 aromatic carbocycles.